The van der Waals surface area contributed by atoms with Crippen LogP contribution in [0.15, 0.2) is 18.3 Å². The Balaban J connectivity index is 0.000000442. The van der Waals surface area contributed by atoms with Gasteiger partial charge in [0.1, 0.15) is 5.82 Å². The third-order valence-corrected chi connectivity index (χ3v) is 1.98. The minimum Gasteiger partial charge on any atom is -0.308 e. The first-order valence-corrected chi connectivity index (χ1v) is 5.83. The predicted octanol–water partition coefficient (Wildman–Crippen LogP) is 3.30. The van der Waals surface area contributed by atoms with Gasteiger partial charge in [-0.05, 0) is 30.4 Å². The van der Waals surface area contributed by atoms with Crippen LogP contribution in [-0.4, -0.2) is 4.98 Å². The molecule has 0 aliphatic heterocycles. The Labute approximate surface area is 93.1 Å². The molecule has 0 unspecified atom stereocenters. The third kappa shape index (κ3) is 4.79. The fourth-order valence-corrected chi connectivity index (χ4v) is 1.15. The number of hydrazine groups is 1. The molecule has 0 atom stereocenters. The van der Waals surface area contributed by atoms with E-state index >= 15 is 0 Å². The van der Waals surface area contributed by atoms with E-state index in [1.807, 2.05) is 40.0 Å². The number of aromatic nitrogens is 1. The van der Waals surface area contributed by atoms with E-state index in [9.17, 15) is 0 Å². The van der Waals surface area contributed by atoms with Crippen molar-refractivity contribution in [2.45, 2.75) is 46.5 Å². The van der Waals surface area contributed by atoms with E-state index in [0.29, 0.717) is 0 Å². The minimum atomic E-state index is 0.731. The Morgan fingerprint density at radius 2 is 1.80 bits per heavy atom. The van der Waals surface area contributed by atoms with E-state index < -0.39 is 0 Å². The van der Waals surface area contributed by atoms with Crippen molar-refractivity contribution in [1.29, 1.82) is 0 Å². The second-order valence-electron chi connectivity index (χ2n) is 2.90. The van der Waals surface area contributed by atoms with Crippen molar-refractivity contribution in [3.8, 4) is 0 Å². The molecule has 3 nitrogen and oxygen atoms in total. The minimum absolute atomic E-state index is 0.731. The van der Waals surface area contributed by atoms with Gasteiger partial charge in [-0.2, -0.15) is 0 Å². The molecular formula is C12H23N3. The van der Waals surface area contributed by atoms with Crippen molar-refractivity contribution in [2.24, 2.45) is 5.84 Å². The molecule has 1 aromatic rings. The predicted molar refractivity (Wildman–Crippen MR) is 66.7 cm³/mol. The maximum absolute atomic E-state index is 5.18. The lowest BCUT2D eigenvalue weighted by atomic mass is 10.2. The Bertz CT molecular complexity index is 240. The Morgan fingerprint density at radius 3 is 2.13 bits per heavy atom. The van der Waals surface area contributed by atoms with Crippen LogP contribution in [-0.2, 0) is 0 Å². The van der Waals surface area contributed by atoms with Crippen molar-refractivity contribution in [1.82, 2.24) is 4.98 Å². The molecule has 1 fully saturated rings. The molecule has 3 heteroatoms. The summed E-state index contributed by atoms with van der Waals surface area (Å²) in [6.07, 6.45) is 4.53. The van der Waals surface area contributed by atoms with Crippen molar-refractivity contribution in [3.63, 3.8) is 0 Å². The zero-order valence-corrected chi connectivity index (χ0v) is 10.2. The van der Waals surface area contributed by atoms with Crippen LogP contribution < -0.4 is 11.3 Å². The zero-order valence-electron chi connectivity index (χ0n) is 10.2. The van der Waals surface area contributed by atoms with Gasteiger partial charge in [-0.25, -0.2) is 10.8 Å². The molecule has 0 amide bonds. The van der Waals surface area contributed by atoms with Gasteiger partial charge in [-0.3, -0.25) is 0 Å². The molecule has 86 valence electrons. The normalized spacial score (nSPS) is 12.9. The van der Waals surface area contributed by atoms with E-state index in [-0.39, 0.29) is 0 Å². The maximum atomic E-state index is 5.18. The van der Waals surface area contributed by atoms with Crippen molar-refractivity contribution in [2.75, 3.05) is 5.43 Å². The average Bonchev–Trinajstić information content (AvgIpc) is 3.19. The van der Waals surface area contributed by atoms with Gasteiger partial charge in [0.2, 0.25) is 0 Å². The number of hydrogen-bond donors (Lipinski definition) is 2. The fraction of sp³-hybridized carbons (Fsp3) is 0.583. The SMILES string of the molecule is CC.CC.NNc1ccc(C2CC2)cn1. The number of hydrogen-bond acceptors (Lipinski definition) is 3. The first-order valence-electron chi connectivity index (χ1n) is 5.83. The van der Waals surface area contributed by atoms with E-state index in [0.717, 1.165) is 11.7 Å². The summed E-state index contributed by atoms with van der Waals surface area (Å²) in [5.74, 6) is 6.68. The average molecular weight is 209 g/mol. The number of pyridine rings is 1. The monoisotopic (exact) mass is 209 g/mol. The van der Waals surface area contributed by atoms with Gasteiger partial charge < -0.3 is 5.43 Å². The number of rotatable bonds is 2. The number of nitrogens with zero attached hydrogens (tertiary/aromatic N) is 1. The first kappa shape index (κ1) is 13.9. The summed E-state index contributed by atoms with van der Waals surface area (Å²) in [4.78, 5) is 4.12. The summed E-state index contributed by atoms with van der Waals surface area (Å²) in [6, 6.07) is 3.99. The highest BCUT2D eigenvalue weighted by Crippen LogP contribution is 2.39. The lowest BCUT2D eigenvalue weighted by molar-refractivity contribution is 1.09. The first-order chi connectivity index (χ1) is 7.40. The van der Waals surface area contributed by atoms with E-state index in [1.54, 1.807) is 0 Å². The van der Waals surface area contributed by atoms with Gasteiger partial charge in [-0.15, -0.1) is 0 Å². The van der Waals surface area contributed by atoms with Crippen LogP contribution in [0.1, 0.15) is 52.0 Å². The van der Waals surface area contributed by atoms with Crippen LogP contribution in [0.5, 0.6) is 0 Å². The summed E-state index contributed by atoms with van der Waals surface area (Å²) >= 11 is 0. The second kappa shape index (κ2) is 8.24. The van der Waals surface area contributed by atoms with E-state index in [4.69, 9.17) is 5.84 Å². The van der Waals surface area contributed by atoms with Crippen LogP contribution in [0.2, 0.25) is 0 Å². The summed E-state index contributed by atoms with van der Waals surface area (Å²) in [5.41, 5.74) is 3.84. The Hall–Kier alpha value is -1.09. The molecule has 3 N–H and O–H groups in total. The highest BCUT2D eigenvalue weighted by Gasteiger charge is 2.23. The molecule has 1 aliphatic rings. The van der Waals surface area contributed by atoms with Gasteiger partial charge in [0.05, 0.1) is 0 Å². The van der Waals surface area contributed by atoms with Crippen molar-refractivity contribution >= 4 is 5.82 Å². The van der Waals surface area contributed by atoms with Crippen molar-refractivity contribution < 1.29 is 0 Å². The van der Waals surface area contributed by atoms with E-state index in [1.165, 1.54) is 18.4 Å². The van der Waals surface area contributed by atoms with Gasteiger partial charge in [0.25, 0.3) is 0 Å². The lowest BCUT2D eigenvalue weighted by Gasteiger charge is -1.99. The number of nitrogen functional groups attached to an aromatic ring is 1. The Morgan fingerprint density at radius 1 is 1.20 bits per heavy atom. The van der Waals surface area contributed by atoms with Gasteiger partial charge in [0, 0.05) is 6.20 Å². The molecule has 2 rings (SSSR count). The molecule has 15 heavy (non-hydrogen) atoms. The number of anilines is 1. The van der Waals surface area contributed by atoms with Crippen LogP contribution in [0.3, 0.4) is 0 Å². The summed E-state index contributed by atoms with van der Waals surface area (Å²) in [7, 11) is 0. The smallest absolute Gasteiger partial charge is 0.139 e. The molecule has 0 spiro atoms. The van der Waals surface area contributed by atoms with E-state index in [2.05, 4.69) is 16.5 Å². The second-order valence-corrected chi connectivity index (χ2v) is 2.90. The summed E-state index contributed by atoms with van der Waals surface area (Å²) in [5, 5.41) is 0. The molecule has 0 saturated heterocycles. The van der Waals surface area contributed by atoms with Crippen LogP contribution >= 0.6 is 0 Å². The molecule has 1 heterocycles. The van der Waals surface area contributed by atoms with Gasteiger partial charge in [-0.1, -0.05) is 33.8 Å². The number of nitrogens with one attached hydrogen (secondary N) is 1. The van der Waals surface area contributed by atoms with Crippen LogP contribution in [0, 0.1) is 0 Å². The zero-order chi connectivity index (χ0) is 11.7. The summed E-state index contributed by atoms with van der Waals surface area (Å²) in [6.45, 7) is 8.00. The third-order valence-electron chi connectivity index (χ3n) is 1.98. The van der Waals surface area contributed by atoms with Crippen molar-refractivity contribution in [3.05, 3.63) is 23.9 Å². The standard InChI is InChI=1S/C8H11N3.2C2H6/c9-11-8-4-3-7(5-10-8)6-1-2-6;2*1-2/h3-6H,1-2,9H2,(H,10,11);2*1-2H3. The highest BCUT2D eigenvalue weighted by atomic mass is 15.2. The highest BCUT2D eigenvalue weighted by molar-refractivity contribution is 5.35. The van der Waals surface area contributed by atoms with Gasteiger partial charge >= 0.3 is 0 Å². The molecule has 0 radical (unpaired) electrons. The largest absolute Gasteiger partial charge is 0.308 e. The maximum Gasteiger partial charge on any atom is 0.139 e. The van der Waals surface area contributed by atoms with Gasteiger partial charge in [0.15, 0.2) is 0 Å². The molecule has 0 bridgehead atoms. The van der Waals surface area contributed by atoms with Crippen LogP contribution in [0.4, 0.5) is 5.82 Å². The number of nitrogens with two attached hydrogens (primary N) is 1. The Kier molecular flexibility index (Phi) is 7.64. The summed E-state index contributed by atoms with van der Waals surface area (Å²) < 4.78 is 0. The molecule has 1 aliphatic carbocycles. The molecule has 0 aromatic carbocycles. The molecule has 1 saturated carbocycles. The molecular weight excluding hydrogens is 186 g/mol. The quantitative estimate of drug-likeness (QED) is 0.580. The molecule has 1 aromatic heterocycles. The topological polar surface area (TPSA) is 50.9 Å². The lowest BCUT2D eigenvalue weighted by Crippen LogP contribution is -2.08. The fourth-order valence-electron chi connectivity index (χ4n) is 1.15. The van der Waals surface area contributed by atoms with Crippen LogP contribution in [0.25, 0.3) is 0 Å².